The molecule has 1 aliphatic rings. The van der Waals surface area contributed by atoms with Gasteiger partial charge in [-0.2, -0.15) is 16.3 Å². The third-order valence-corrected chi connectivity index (χ3v) is 3.75. The van der Waals surface area contributed by atoms with E-state index >= 15 is 0 Å². The summed E-state index contributed by atoms with van der Waals surface area (Å²) in [6, 6.07) is 1.58. The zero-order valence-corrected chi connectivity index (χ0v) is 10.1. The van der Waals surface area contributed by atoms with E-state index in [9.17, 15) is 4.79 Å². The summed E-state index contributed by atoms with van der Waals surface area (Å²) in [7, 11) is 0. The first-order chi connectivity index (χ1) is 8.33. The minimum Gasteiger partial charge on any atom is -0.296 e. The number of nitrogens with one attached hydrogen (secondary N) is 1. The van der Waals surface area contributed by atoms with Gasteiger partial charge in [-0.05, 0) is 0 Å². The molecular weight excluding hydrogens is 238 g/mol. The van der Waals surface area contributed by atoms with Gasteiger partial charge in [-0.3, -0.25) is 14.8 Å². The molecule has 0 saturated carbocycles. The first-order valence-electron chi connectivity index (χ1n) is 5.55. The molecule has 1 aliphatic heterocycles. The lowest BCUT2D eigenvalue weighted by atomic mass is 10.3. The standard InChI is InChI=1S/C10H13N5OS/c16-9-5-8(6-14-1-3-17-4-2-14)13-10-11-7-12-15(9)10/h5,7H,1-4,6H2,(H,11,12,13). The molecule has 1 fully saturated rings. The van der Waals surface area contributed by atoms with Gasteiger partial charge in [0.05, 0.1) is 5.69 Å². The molecule has 6 nitrogen and oxygen atoms in total. The van der Waals surface area contributed by atoms with Gasteiger partial charge in [0.25, 0.3) is 11.3 Å². The maximum Gasteiger partial charge on any atom is 0.274 e. The average Bonchev–Trinajstić information content (AvgIpc) is 2.79. The Balaban J connectivity index is 1.87. The number of hydrogen-bond donors (Lipinski definition) is 1. The second-order valence-corrected chi connectivity index (χ2v) is 5.22. The quantitative estimate of drug-likeness (QED) is 0.811. The highest BCUT2D eigenvalue weighted by molar-refractivity contribution is 7.99. The molecule has 3 rings (SSSR count). The van der Waals surface area contributed by atoms with Gasteiger partial charge in [-0.1, -0.05) is 0 Å². The lowest BCUT2D eigenvalue weighted by Crippen LogP contribution is -2.33. The number of aromatic amines is 1. The van der Waals surface area contributed by atoms with Crippen molar-refractivity contribution < 1.29 is 0 Å². The van der Waals surface area contributed by atoms with Crippen LogP contribution in [0.1, 0.15) is 5.69 Å². The van der Waals surface area contributed by atoms with E-state index in [4.69, 9.17) is 0 Å². The first kappa shape index (κ1) is 10.8. The smallest absolute Gasteiger partial charge is 0.274 e. The summed E-state index contributed by atoms with van der Waals surface area (Å²) < 4.78 is 1.34. The van der Waals surface area contributed by atoms with Crippen molar-refractivity contribution in [1.82, 2.24) is 24.5 Å². The lowest BCUT2D eigenvalue weighted by molar-refractivity contribution is 0.291. The predicted molar refractivity (Wildman–Crippen MR) is 66.2 cm³/mol. The zero-order chi connectivity index (χ0) is 11.7. The van der Waals surface area contributed by atoms with E-state index in [1.54, 1.807) is 6.07 Å². The third-order valence-electron chi connectivity index (χ3n) is 2.81. The summed E-state index contributed by atoms with van der Waals surface area (Å²) in [5.74, 6) is 2.76. The Bertz CT molecular complexity index is 571. The van der Waals surface area contributed by atoms with Crippen molar-refractivity contribution >= 4 is 17.5 Å². The predicted octanol–water partition coefficient (Wildman–Crippen LogP) is -0.0336. The number of H-pyrrole nitrogens is 1. The molecule has 90 valence electrons. The molecule has 0 spiro atoms. The van der Waals surface area contributed by atoms with Gasteiger partial charge in [0.15, 0.2) is 0 Å². The lowest BCUT2D eigenvalue weighted by Gasteiger charge is -2.25. The molecule has 3 heterocycles. The van der Waals surface area contributed by atoms with Gasteiger partial charge in [-0.15, -0.1) is 0 Å². The minimum atomic E-state index is -0.103. The van der Waals surface area contributed by atoms with Crippen LogP contribution in [0.25, 0.3) is 5.78 Å². The Morgan fingerprint density at radius 2 is 2.24 bits per heavy atom. The van der Waals surface area contributed by atoms with Gasteiger partial charge in [0.2, 0.25) is 0 Å². The second-order valence-electron chi connectivity index (χ2n) is 4.00. The van der Waals surface area contributed by atoms with Crippen molar-refractivity contribution in [2.45, 2.75) is 6.54 Å². The number of hydrogen-bond acceptors (Lipinski definition) is 5. The first-order valence-corrected chi connectivity index (χ1v) is 6.70. The molecule has 0 bridgehead atoms. The number of nitrogens with zero attached hydrogens (tertiary/aromatic N) is 4. The van der Waals surface area contributed by atoms with Crippen molar-refractivity contribution in [1.29, 1.82) is 0 Å². The largest absolute Gasteiger partial charge is 0.296 e. The summed E-state index contributed by atoms with van der Waals surface area (Å²) in [6.07, 6.45) is 1.48. The van der Waals surface area contributed by atoms with E-state index in [0.717, 1.165) is 36.8 Å². The Morgan fingerprint density at radius 1 is 1.41 bits per heavy atom. The minimum absolute atomic E-state index is 0.103. The summed E-state index contributed by atoms with van der Waals surface area (Å²) >= 11 is 1.97. The number of fused-ring (bicyclic) bond motifs is 1. The molecule has 2 aromatic heterocycles. The van der Waals surface area contributed by atoms with Crippen LogP contribution in [0.5, 0.6) is 0 Å². The van der Waals surface area contributed by atoms with Gasteiger partial charge < -0.3 is 0 Å². The molecule has 2 aromatic rings. The average molecular weight is 251 g/mol. The monoisotopic (exact) mass is 251 g/mol. The van der Waals surface area contributed by atoms with E-state index < -0.39 is 0 Å². The second kappa shape index (κ2) is 4.50. The van der Waals surface area contributed by atoms with E-state index in [1.807, 2.05) is 11.8 Å². The molecule has 0 aliphatic carbocycles. The number of rotatable bonds is 2. The summed E-state index contributed by atoms with van der Waals surface area (Å²) in [5.41, 5.74) is 0.697. The molecule has 1 saturated heterocycles. The van der Waals surface area contributed by atoms with E-state index in [0.29, 0.717) is 5.78 Å². The van der Waals surface area contributed by atoms with Gasteiger partial charge in [0.1, 0.15) is 6.33 Å². The SMILES string of the molecule is O=c1cc(CN2CCSCC2)nc2nc[nH]n12. The van der Waals surface area contributed by atoms with Crippen LogP contribution in [-0.4, -0.2) is 49.1 Å². The number of aromatic nitrogens is 4. The third kappa shape index (κ3) is 2.20. The summed E-state index contributed by atoms with van der Waals surface area (Å²) in [5, 5.41) is 2.73. The molecular formula is C10H13N5OS. The zero-order valence-electron chi connectivity index (χ0n) is 9.30. The Kier molecular flexibility index (Phi) is 2.86. The molecule has 1 N–H and O–H groups in total. The van der Waals surface area contributed by atoms with Gasteiger partial charge in [0, 0.05) is 37.2 Å². The van der Waals surface area contributed by atoms with Crippen LogP contribution < -0.4 is 5.56 Å². The van der Waals surface area contributed by atoms with Crippen LogP contribution in [0.4, 0.5) is 0 Å². The highest BCUT2D eigenvalue weighted by Crippen LogP contribution is 2.11. The van der Waals surface area contributed by atoms with Crippen LogP contribution >= 0.6 is 11.8 Å². The van der Waals surface area contributed by atoms with Crippen LogP contribution in [0.2, 0.25) is 0 Å². The van der Waals surface area contributed by atoms with Gasteiger partial charge in [-0.25, -0.2) is 9.97 Å². The topological polar surface area (TPSA) is 66.3 Å². The van der Waals surface area contributed by atoms with Crippen molar-refractivity contribution in [3.63, 3.8) is 0 Å². The summed E-state index contributed by atoms with van der Waals surface area (Å²) in [4.78, 5) is 22.4. The fourth-order valence-corrected chi connectivity index (χ4v) is 2.92. The fourth-order valence-electron chi connectivity index (χ4n) is 1.94. The van der Waals surface area contributed by atoms with Crippen molar-refractivity contribution in [3.05, 3.63) is 28.4 Å². The molecule has 7 heteroatoms. The highest BCUT2D eigenvalue weighted by atomic mass is 32.2. The van der Waals surface area contributed by atoms with Crippen LogP contribution in [0, 0.1) is 0 Å². The highest BCUT2D eigenvalue weighted by Gasteiger charge is 2.12. The van der Waals surface area contributed by atoms with Crippen molar-refractivity contribution in [2.75, 3.05) is 24.6 Å². The van der Waals surface area contributed by atoms with Crippen molar-refractivity contribution in [2.24, 2.45) is 0 Å². The maximum absolute atomic E-state index is 11.7. The van der Waals surface area contributed by atoms with Crippen LogP contribution in [0.15, 0.2) is 17.2 Å². The Labute approximate surface area is 102 Å². The van der Waals surface area contributed by atoms with Crippen LogP contribution in [0.3, 0.4) is 0 Å². The molecule has 0 atom stereocenters. The molecule has 0 aromatic carbocycles. The maximum atomic E-state index is 11.7. The summed E-state index contributed by atoms with van der Waals surface area (Å²) in [6.45, 7) is 2.86. The molecule has 0 amide bonds. The fraction of sp³-hybridized carbons (Fsp3) is 0.500. The van der Waals surface area contributed by atoms with E-state index in [2.05, 4.69) is 20.0 Å². The van der Waals surface area contributed by atoms with Gasteiger partial charge >= 0.3 is 0 Å². The van der Waals surface area contributed by atoms with Crippen LogP contribution in [-0.2, 0) is 6.54 Å². The molecule has 17 heavy (non-hydrogen) atoms. The number of thioether (sulfide) groups is 1. The molecule has 0 radical (unpaired) electrons. The Morgan fingerprint density at radius 3 is 3.06 bits per heavy atom. The molecule has 0 unspecified atom stereocenters. The normalized spacial score (nSPS) is 17.6. The Hall–Kier alpha value is -1.34. The van der Waals surface area contributed by atoms with Crippen molar-refractivity contribution in [3.8, 4) is 0 Å². The van der Waals surface area contributed by atoms with E-state index in [-0.39, 0.29) is 5.56 Å². The van der Waals surface area contributed by atoms with E-state index in [1.165, 1.54) is 10.8 Å².